The summed E-state index contributed by atoms with van der Waals surface area (Å²) < 4.78 is 93.0. The Morgan fingerprint density at radius 3 is 2.07 bits per heavy atom. The van der Waals surface area contributed by atoms with Crippen molar-refractivity contribution < 1.29 is 45.4 Å². The van der Waals surface area contributed by atoms with Crippen molar-refractivity contribution in [2.24, 2.45) is 0 Å². The highest BCUT2D eigenvalue weighted by atomic mass is 19.4. The summed E-state index contributed by atoms with van der Waals surface area (Å²) in [7, 11) is 0. The van der Waals surface area contributed by atoms with Crippen LogP contribution in [0.15, 0.2) is 12.3 Å². The number of aliphatic carboxylic acids is 1. The molecule has 0 fully saturated rings. The molecule has 1 amide bonds. The monoisotopic (exact) mass is 399 g/mol. The Morgan fingerprint density at radius 1 is 1.11 bits per heavy atom. The van der Waals surface area contributed by atoms with Crippen LogP contribution in [0.4, 0.5) is 36.4 Å². The molecule has 0 spiro atoms. The molecule has 13 heteroatoms. The number of carbonyl (C=O) groups excluding carboxylic acids is 1. The first kappa shape index (κ1) is 20.2. The van der Waals surface area contributed by atoms with E-state index in [1.165, 1.54) is 5.32 Å². The van der Waals surface area contributed by atoms with E-state index >= 15 is 0 Å². The number of nitrogens with one attached hydrogen (secondary N) is 1. The van der Waals surface area contributed by atoms with Crippen molar-refractivity contribution in [1.29, 1.82) is 0 Å². The number of rotatable bonds is 4. The summed E-state index contributed by atoms with van der Waals surface area (Å²) in [5.41, 5.74) is -5.18. The van der Waals surface area contributed by atoms with E-state index in [0.29, 0.717) is 4.68 Å². The highest BCUT2D eigenvalue weighted by molar-refractivity contribution is 6.03. The van der Waals surface area contributed by atoms with Gasteiger partial charge in [-0.1, -0.05) is 0 Å². The fourth-order valence-corrected chi connectivity index (χ4v) is 2.08. The zero-order chi connectivity index (χ0) is 20.7. The summed E-state index contributed by atoms with van der Waals surface area (Å²) in [6.45, 7) is 1.10. The third-order valence-corrected chi connectivity index (χ3v) is 3.41. The van der Waals surface area contributed by atoms with Gasteiger partial charge in [0.2, 0.25) is 0 Å². The van der Waals surface area contributed by atoms with Crippen LogP contribution >= 0.6 is 0 Å². The highest BCUT2D eigenvalue weighted by Crippen LogP contribution is 2.38. The van der Waals surface area contributed by atoms with Gasteiger partial charge < -0.3 is 10.4 Å². The van der Waals surface area contributed by atoms with Crippen LogP contribution < -0.4 is 5.32 Å². The van der Waals surface area contributed by atoms with Crippen molar-refractivity contribution in [3.63, 3.8) is 0 Å². The lowest BCUT2D eigenvalue weighted by Gasteiger charge is -2.15. The zero-order valence-corrected chi connectivity index (χ0v) is 13.0. The molecule has 1 unspecified atom stereocenters. The molecule has 6 nitrogen and oxygen atoms in total. The Hall–Kier alpha value is -3.12. The summed E-state index contributed by atoms with van der Waals surface area (Å²) in [5, 5.41) is 13.8. The number of anilines is 1. The van der Waals surface area contributed by atoms with Gasteiger partial charge in [0.1, 0.15) is 23.0 Å². The first-order chi connectivity index (χ1) is 12.4. The van der Waals surface area contributed by atoms with Crippen molar-refractivity contribution in [2.45, 2.75) is 19.1 Å². The number of amides is 1. The van der Waals surface area contributed by atoms with E-state index in [2.05, 4.69) is 5.10 Å². The molecule has 1 heterocycles. The Balaban J connectivity index is 2.50. The van der Waals surface area contributed by atoms with Crippen molar-refractivity contribution in [3.8, 4) is 0 Å². The molecule has 0 aliphatic carbocycles. The smallest absolute Gasteiger partial charge is 0.422 e. The summed E-state index contributed by atoms with van der Waals surface area (Å²) in [5.74, 6) is -13.3. The Labute approximate surface area is 145 Å². The topological polar surface area (TPSA) is 84.2 Å². The van der Waals surface area contributed by atoms with Gasteiger partial charge in [-0.25, -0.2) is 27.0 Å². The molecule has 0 saturated carbocycles. The van der Waals surface area contributed by atoms with Gasteiger partial charge in [-0.2, -0.15) is 18.3 Å². The van der Waals surface area contributed by atoms with E-state index in [1.54, 1.807) is 0 Å². The molecule has 0 saturated heterocycles. The van der Waals surface area contributed by atoms with Gasteiger partial charge in [-0.3, -0.25) is 4.79 Å². The predicted octanol–water partition coefficient (Wildman–Crippen LogP) is 3.36. The number of hydrogen-bond acceptors (Lipinski definition) is 3. The average molecular weight is 399 g/mol. The van der Waals surface area contributed by atoms with E-state index in [4.69, 9.17) is 5.11 Å². The van der Waals surface area contributed by atoms with Gasteiger partial charge in [0.05, 0.1) is 0 Å². The van der Waals surface area contributed by atoms with Gasteiger partial charge in [0, 0.05) is 6.20 Å². The maximum atomic E-state index is 13.8. The second-order valence-corrected chi connectivity index (χ2v) is 5.13. The molecule has 146 valence electrons. The van der Waals surface area contributed by atoms with Gasteiger partial charge >= 0.3 is 12.1 Å². The van der Waals surface area contributed by atoms with Gasteiger partial charge in [0.15, 0.2) is 23.3 Å². The van der Waals surface area contributed by atoms with Crippen molar-refractivity contribution in [1.82, 2.24) is 9.78 Å². The molecule has 1 atom stereocenters. The Kier molecular flexibility index (Phi) is 5.15. The van der Waals surface area contributed by atoms with Crippen LogP contribution in [-0.2, 0) is 11.0 Å². The fraction of sp³-hybridized carbons (Fsp3) is 0.214. The molecule has 0 bridgehead atoms. The van der Waals surface area contributed by atoms with Gasteiger partial charge in [0.25, 0.3) is 5.91 Å². The number of aromatic nitrogens is 2. The Bertz CT molecular complexity index is 894. The van der Waals surface area contributed by atoms with Crippen LogP contribution in [0, 0.1) is 23.3 Å². The third kappa shape index (κ3) is 3.57. The number of carboxylic acids is 1. The number of hydrogen-bond donors (Lipinski definition) is 2. The SMILES string of the molecule is CC(C(=O)O)n1nccc1C(=O)Nc1c(F)c(F)c(C(F)(F)F)c(F)c1F. The number of alkyl halides is 3. The largest absolute Gasteiger partial charge is 0.480 e. The molecule has 2 N–H and O–H groups in total. The summed E-state index contributed by atoms with van der Waals surface area (Å²) in [4.78, 5) is 23.0. The molecule has 0 radical (unpaired) electrons. The number of benzene rings is 1. The van der Waals surface area contributed by atoms with Crippen molar-refractivity contribution >= 4 is 17.6 Å². The summed E-state index contributed by atoms with van der Waals surface area (Å²) >= 11 is 0. The van der Waals surface area contributed by atoms with E-state index in [-0.39, 0.29) is 0 Å². The quantitative estimate of drug-likeness (QED) is 0.610. The normalized spacial score (nSPS) is 12.7. The molecular formula is C14H8F7N3O3. The highest BCUT2D eigenvalue weighted by Gasteiger charge is 2.42. The summed E-state index contributed by atoms with van der Waals surface area (Å²) in [6, 6.07) is -0.488. The van der Waals surface area contributed by atoms with Crippen LogP contribution in [0.25, 0.3) is 0 Å². The van der Waals surface area contributed by atoms with E-state index in [0.717, 1.165) is 19.2 Å². The van der Waals surface area contributed by atoms with E-state index in [1.807, 2.05) is 0 Å². The lowest BCUT2D eigenvalue weighted by Crippen LogP contribution is -2.25. The Morgan fingerprint density at radius 2 is 1.63 bits per heavy atom. The van der Waals surface area contributed by atoms with E-state index < -0.39 is 64.3 Å². The maximum absolute atomic E-state index is 13.8. The number of nitrogens with zero attached hydrogens (tertiary/aromatic N) is 2. The first-order valence-corrected chi connectivity index (χ1v) is 6.88. The minimum absolute atomic E-state index is 0.579. The van der Waals surface area contributed by atoms with E-state index in [9.17, 15) is 40.3 Å². The number of halogens is 7. The lowest BCUT2D eigenvalue weighted by molar-refractivity contribution is -0.143. The van der Waals surface area contributed by atoms with Crippen LogP contribution in [0.5, 0.6) is 0 Å². The standard InChI is InChI=1S/C14H8F7N3O3/c1-4(13(26)27)24-5(2-3-22-24)12(25)23-11-9(17)7(15)6(14(19,20)21)8(16)10(11)18/h2-4H,1H3,(H,23,25)(H,26,27). The minimum atomic E-state index is -5.73. The van der Waals surface area contributed by atoms with Gasteiger partial charge in [-0.15, -0.1) is 0 Å². The van der Waals surface area contributed by atoms with Crippen molar-refractivity contribution in [2.75, 3.05) is 5.32 Å². The molecule has 0 aliphatic rings. The van der Waals surface area contributed by atoms with Crippen LogP contribution in [0.1, 0.15) is 29.0 Å². The molecule has 27 heavy (non-hydrogen) atoms. The predicted molar refractivity (Wildman–Crippen MR) is 73.8 cm³/mol. The molecule has 0 aliphatic heterocycles. The summed E-state index contributed by atoms with van der Waals surface area (Å²) in [6.07, 6.45) is -4.77. The molecular weight excluding hydrogens is 391 g/mol. The molecule has 2 aromatic rings. The number of carbonyl (C=O) groups is 2. The fourth-order valence-electron chi connectivity index (χ4n) is 2.08. The first-order valence-electron chi connectivity index (χ1n) is 6.88. The third-order valence-electron chi connectivity index (χ3n) is 3.41. The second-order valence-electron chi connectivity index (χ2n) is 5.13. The lowest BCUT2D eigenvalue weighted by atomic mass is 10.1. The van der Waals surface area contributed by atoms with Crippen LogP contribution in [-0.4, -0.2) is 26.8 Å². The maximum Gasteiger partial charge on any atom is 0.422 e. The van der Waals surface area contributed by atoms with Crippen LogP contribution in [0.3, 0.4) is 0 Å². The molecule has 1 aromatic heterocycles. The molecule has 1 aromatic carbocycles. The zero-order valence-electron chi connectivity index (χ0n) is 13.0. The van der Waals surface area contributed by atoms with Crippen molar-refractivity contribution in [3.05, 3.63) is 46.8 Å². The minimum Gasteiger partial charge on any atom is -0.480 e. The second kappa shape index (κ2) is 6.89. The van der Waals surface area contributed by atoms with Gasteiger partial charge in [-0.05, 0) is 13.0 Å². The molecule has 2 rings (SSSR count). The van der Waals surface area contributed by atoms with Crippen LogP contribution in [0.2, 0.25) is 0 Å². The average Bonchev–Trinajstić information content (AvgIpc) is 3.04. The number of carboxylic acid groups (broad SMARTS) is 1.